The molecule has 1 aliphatic heterocycles. The second-order valence-electron chi connectivity index (χ2n) is 9.62. The molecular weight excluding hydrogens is 543 g/mol. The number of rotatable bonds is 7. The van der Waals surface area contributed by atoms with Crippen molar-refractivity contribution in [3.8, 4) is 0 Å². The van der Waals surface area contributed by atoms with Crippen LogP contribution in [0.2, 0.25) is 5.02 Å². The van der Waals surface area contributed by atoms with Gasteiger partial charge in [-0.1, -0.05) is 31.4 Å². The monoisotopic (exact) mass is 566 g/mol. The molecule has 3 aromatic rings. The molecule has 11 heteroatoms. The first-order valence-electron chi connectivity index (χ1n) is 12.1. The molecule has 206 valence electrons. The number of unbranched alkanes of at least 4 members (excludes halogenated alkanes) is 1. The number of amides is 2. The van der Waals surface area contributed by atoms with Crippen LogP contribution in [0.4, 0.5) is 27.6 Å². The summed E-state index contributed by atoms with van der Waals surface area (Å²) in [6.45, 7) is 3.46. The van der Waals surface area contributed by atoms with E-state index in [1.165, 1.54) is 25.1 Å². The Labute approximate surface area is 226 Å². The van der Waals surface area contributed by atoms with Crippen LogP contribution in [0.3, 0.4) is 0 Å². The van der Waals surface area contributed by atoms with Gasteiger partial charge in [-0.2, -0.15) is 13.2 Å². The number of fused-ring (bicyclic) bond motifs is 1. The smallest absolute Gasteiger partial charge is 0.385 e. The molecule has 0 spiro atoms. The number of alkyl halides is 3. The minimum atomic E-state index is -4.90. The summed E-state index contributed by atoms with van der Waals surface area (Å²) in [6.07, 6.45) is -3.17. The van der Waals surface area contributed by atoms with Gasteiger partial charge < -0.3 is 15.7 Å². The van der Waals surface area contributed by atoms with Crippen LogP contribution in [0.1, 0.15) is 82.1 Å². The lowest BCUT2D eigenvalue weighted by molar-refractivity contribution is -0.137. The van der Waals surface area contributed by atoms with Crippen LogP contribution in [0, 0.1) is 11.6 Å². The van der Waals surface area contributed by atoms with Gasteiger partial charge in [-0.25, -0.2) is 8.78 Å². The molecular formula is C28H24ClF5N2O3. The molecule has 0 saturated heterocycles. The summed E-state index contributed by atoms with van der Waals surface area (Å²) < 4.78 is 67.9. The van der Waals surface area contributed by atoms with Gasteiger partial charge in [0.05, 0.1) is 17.2 Å². The molecule has 0 radical (unpaired) electrons. The second kappa shape index (κ2) is 10.6. The Hall–Kier alpha value is -3.50. The molecule has 0 saturated carbocycles. The highest BCUT2D eigenvalue weighted by Crippen LogP contribution is 2.42. The van der Waals surface area contributed by atoms with Crippen molar-refractivity contribution in [1.29, 1.82) is 0 Å². The van der Waals surface area contributed by atoms with E-state index in [1.807, 2.05) is 6.92 Å². The Morgan fingerprint density at radius 3 is 2.44 bits per heavy atom. The number of hydrogen-bond donors (Lipinski definition) is 3. The number of carbonyl (C=O) groups is 2. The Bertz CT molecular complexity index is 1460. The summed E-state index contributed by atoms with van der Waals surface area (Å²) in [4.78, 5) is 26.2. The summed E-state index contributed by atoms with van der Waals surface area (Å²) in [5, 5.41) is 16.4. The number of benzene rings is 3. The van der Waals surface area contributed by atoms with Gasteiger partial charge in [0.1, 0.15) is 11.6 Å². The van der Waals surface area contributed by atoms with Gasteiger partial charge >= 0.3 is 6.18 Å². The van der Waals surface area contributed by atoms with Crippen molar-refractivity contribution in [3.63, 3.8) is 0 Å². The van der Waals surface area contributed by atoms with Gasteiger partial charge in [-0.15, -0.1) is 0 Å². The number of hydrogen-bond acceptors (Lipinski definition) is 3. The first-order valence-corrected chi connectivity index (χ1v) is 12.4. The van der Waals surface area contributed by atoms with E-state index in [0.717, 1.165) is 18.6 Å². The van der Waals surface area contributed by atoms with E-state index >= 15 is 0 Å². The highest BCUT2D eigenvalue weighted by Gasteiger charge is 2.37. The minimum absolute atomic E-state index is 0.0363. The van der Waals surface area contributed by atoms with Crippen molar-refractivity contribution in [3.05, 3.63) is 98.6 Å². The van der Waals surface area contributed by atoms with Crippen molar-refractivity contribution >= 4 is 29.1 Å². The SMILES string of the molecule is CCCCC(C)(O)c1cc(NC(=O)c2cc(F)cc(C(F)(F)F)c2)c2c(c1)C(=O)NC2c1cc(F)ccc1Cl. The highest BCUT2D eigenvalue weighted by atomic mass is 35.5. The summed E-state index contributed by atoms with van der Waals surface area (Å²) in [5.74, 6) is -3.58. The predicted molar refractivity (Wildman–Crippen MR) is 136 cm³/mol. The topological polar surface area (TPSA) is 78.4 Å². The largest absolute Gasteiger partial charge is 0.416 e. The van der Waals surface area contributed by atoms with Crippen molar-refractivity contribution in [2.24, 2.45) is 0 Å². The quantitative estimate of drug-likeness (QED) is 0.266. The molecule has 1 heterocycles. The molecule has 2 atom stereocenters. The van der Waals surface area contributed by atoms with Crippen LogP contribution >= 0.6 is 11.6 Å². The van der Waals surface area contributed by atoms with Crippen LogP contribution in [0.25, 0.3) is 0 Å². The molecule has 2 amide bonds. The third-order valence-electron chi connectivity index (χ3n) is 6.63. The molecule has 0 aromatic heterocycles. The fourth-order valence-corrected chi connectivity index (χ4v) is 4.79. The van der Waals surface area contributed by atoms with Gasteiger partial charge in [0.25, 0.3) is 11.8 Å². The number of anilines is 1. The third kappa shape index (κ3) is 5.91. The molecule has 39 heavy (non-hydrogen) atoms. The van der Waals surface area contributed by atoms with Crippen LogP contribution in [-0.4, -0.2) is 16.9 Å². The van der Waals surface area contributed by atoms with Gasteiger partial charge in [-0.05, 0) is 67.4 Å². The van der Waals surface area contributed by atoms with Crippen LogP contribution < -0.4 is 10.6 Å². The lowest BCUT2D eigenvalue weighted by Gasteiger charge is -2.26. The molecule has 2 unspecified atom stereocenters. The second-order valence-corrected chi connectivity index (χ2v) is 10.0. The molecule has 3 N–H and O–H groups in total. The average molecular weight is 567 g/mol. The fraction of sp³-hybridized carbons (Fsp3) is 0.286. The van der Waals surface area contributed by atoms with Crippen molar-refractivity contribution in [1.82, 2.24) is 5.32 Å². The Morgan fingerprint density at radius 1 is 1.05 bits per heavy atom. The first kappa shape index (κ1) is 28.5. The van der Waals surface area contributed by atoms with Crippen LogP contribution in [0.5, 0.6) is 0 Å². The molecule has 3 aromatic carbocycles. The number of halogens is 6. The molecule has 4 rings (SSSR count). The maximum absolute atomic E-state index is 14.1. The van der Waals surface area contributed by atoms with Crippen LogP contribution in [-0.2, 0) is 11.8 Å². The van der Waals surface area contributed by atoms with Gasteiger partial charge in [-0.3, -0.25) is 9.59 Å². The number of nitrogens with one attached hydrogen (secondary N) is 2. The van der Waals surface area contributed by atoms with E-state index in [1.54, 1.807) is 0 Å². The van der Waals surface area contributed by atoms with E-state index in [2.05, 4.69) is 10.6 Å². The summed E-state index contributed by atoms with van der Waals surface area (Å²) in [5.41, 5.74) is -2.76. The van der Waals surface area contributed by atoms with Gasteiger partial charge in [0.15, 0.2) is 0 Å². The zero-order valence-electron chi connectivity index (χ0n) is 20.8. The van der Waals surface area contributed by atoms with Crippen molar-refractivity contribution < 1.29 is 36.6 Å². The first-order chi connectivity index (χ1) is 18.2. The number of aliphatic hydroxyl groups is 1. The van der Waals surface area contributed by atoms with E-state index in [4.69, 9.17) is 11.6 Å². The maximum atomic E-state index is 14.1. The molecule has 0 fully saturated rings. The lowest BCUT2D eigenvalue weighted by atomic mass is 9.86. The summed E-state index contributed by atoms with van der Waals surface area (Å²) >= 11 is 6.29. The lowest BCUT2D eigenvalue weighted by Crippen LogP contribution is -2.23. The standard InChI is InChI=1S/C28H24ClF5N2O3/c1-3-4-7-27(2,39)15-11-20-23(24(36-26(20)38)19-13-17(30)5-6-21(19)29)22(12-15)35-25(37)14-8-16(28(32,33)34)10-18(31)9-14/h5-6,8-13,24,39H,3-4,7H2,1-2H3,(H,35,37)(H,36,38). The molecule has 1 aliphatic rings. The maximum Gasteiger partial charge on any atom is 0.416 e. The van der Waals surface area contributed by atoms with E-state index < -0.39 is 52.4 Å². The average Bonchev–Trinajstić information content (AvgIpc) is 3.19. The fourth-order valence-electron chi connectivity index (χ4n) is 4.56. The Morgan fingerprint density at radius 2 is 1.77 bits per heavy atom. The highest BCUT2D eigenvalue weighted by molar-refractivity contribution is 6.31. The van der Waals surface area contributed by atoms with E-state index in [-0.39, 0.29) is 39.0 Å². The third-order valence-corrected chi connectivity index (χ3v) is 6.98. The van der Waals surface area contributed by atoms with Gasteiger partial charge in [0, 0.05) is 33.0 Å². The van der Waals surface area contributed by atoms with Gasteiger partial charge in [0.2, 0.25) is 0 Å². The minimum Gasteiger partial charge on any atom is -0.385 e. The molecule has 0 aliphatic carbocycles. The Balaban J connectivity index is 1.87. The zero-order valence-corrected chi connectivity index (χ0v) is 21.6. The van der Waals surface area contributed by atoms with E-state index in [9.17, 15) is 36.6 Å². The molecule has 0 bridgehead atoms. The zero-order chi connectivity index (χ0) is 28.7. The van der Waals surface area contributed by atoms with Crippen molar-refractivity contribution in [2.75, 3.05) is 5.32 Å². The predicted octanol–water partition coefficient (Wildman–Crippen LogP) is 7.12. The number of carbonyl (C=O) groups excluding carboxylic acids is 2. The van der Waals surface area contributed by atoms with Crippen LogP contribution in [0.15, 0.2) is 48.5 Å². The summed E-state index contributed by atoms with van der Waals surface area (Å²) in [7, 11) is 0. The van der Waals surface area contributed by atoms with Crippen molar-refractivity contribution in [2.45, 2.75) is 50.9 Å². The van der Waals surface area contributed by atoms with E-state index in [0.29, 0.717) is 25.0 Å². The normalized spacial score (nSPS) is 16.4. The summed E-state index contributed by atoms with van der Waals surface area (Å²) in [6, 6.07) is 6.78. The molecule has 5 nitrogen and oxygen atoms in total. The Kier molecular flexibility index (Phi) is 7.73.